The Hall–Kier alpha value is -0.585. The maximum absolute atomic E-state index is 5.98. The molecule has 4 heteroatoms. The topological polar surface area (TPSA) is 18.5 Å². The van der Waals surface area contributed by atoms with E-state index in [0.717, 1.165) is 5.46 Å². The van der Waals surface area contributed by atoms with E-state index in [-0.39, 0.29) is 19.3 Å². The van der Waals surface area contributed by atoms with Crippen molar-refractivity contribution in [3.05, 3.63) is 40.0 Å². The molecule has 0 aliphatic carbocycles. The van der Waals surface area contributed by atoms with Crippen LogP contribution in [0.4, 0.5) is 0 Å². The molecule has 0 saturated heterocycles. The monoisotopic (exact) mass is 382 g/mol. The summed E-state index contributed by atoms with van der Waals surface area (Å²) in [5.74, 6) is 0. The third kappa shape index (κ3) is 3.74. The van der Waals surface area contributed by atoms with Crippen LogP contribution in [0.2, 0.25) is 0 Å². The Bertz CT molecular complexity index is 568. The SMILES string of the molecule is CC(C)OB(OC(C)C)c1cccc2cccc(I)c12. The Morgan fingerprint density at radius 1 is 0.900 bits per heavy atom. The molecule has 0 heterocycles. The second-order valence-corrected chi connectivity index (χ2v) is 6.55. The summed E-state index contributed by atoms with van der Waals surface area (Å²) < 4.78 is 13.2. The highest BCUT2D eigenvalue weighted by atomic mass is 127. The van der Waals surface area contributed by atoms with Crippen molar-refractivity contribution in [2.75, 3.05) is 0 Å². The minimum absolute atomic E-state index is 0.121. The van der Waals surface area contributed by atoms with Gasteiger partial charge in [0, 0.05) is 15.8 Å². The van der Waals surface area contributed by atoms with Crippen LogP contribution in [0.3, 0.4) is 0 Å². The summed E-state index contributed by atoms with van der Waals surface area (Å²) >= 11 is 2.37. The van der Waals surface area contributed by atoms with Gasteiger partial charge in [-0.05, 0) is 72.6 Å². The summed E-state index contributed by atoms with van der Waals surface area (Å²) in [5.41, 5.74) is 1.11. The molecule has 0 fully saturated rings. The van der Waals surface area contributed by atoms with Crippen LogP contribution in [0.25, 0.3) is 10.8 Å². The molecule has 0 bridgehead atoms. The lowest BCUT2D eigenvalue weighted by Crippen LogP contribution is -2.41. The third-order valence-corrected chi connectivity index (χ3v) is 3.83. The van der Waals surface area contributed by atoms with E-state index < -0.39 is 0 Å². The van der Waals surface area contributed by atoms with E-state index in [9.17, 15) is 0 Å². The lowest BCUT2D eigenvalue weighted by atomic mass is 9.75. The second-order valence-electron chi connectivity index (χ2n) is 5.39. The zero-order chi connectivity index (χ0) is 14.7. The van der Waals surface area contributed by atoms with Crippen LogP contribution >= 0.6 is 22.6 Å². The van der Waals surface area contributed by atoms with Crippen molar-refractivity contribution in [1.82, 2.24) is 0 Å². The van der Waals surface area contributed by atoms with Gasteiger partial charge in [-0.15, -0.1) is 0 Å². The Labute approximate surface area is 135 Å². The van der Waals surface area contributed by atoms with Gasteiger partial charge in [-0.3, -0.25) is 0 Å². The Morgan fingerprint density at radius 3 is 2.00 bits per heavy atom. The fourth-order valence-electron chi connectivity index (χ4n) is 2.19. The van der Waals surface area contributed by atoms with Crippen LogP contribution in [-0.4, -0.2) is 19.3 Å². The van der Waals surface area contributed by atoms with Gasteiger partial charge < -0.3 is 9.31 Å². The van der Waals surface area contributed by atoms with Gasteiger partial charge in [0.2, 0.25) is 0 Å². The van der Waals surface area contributed by atoms with Crippen LogP contribution in [-0.2, 0) is 9.31 Å². The predicted octanol–water partition coefficient (Wildman–Crippen LogP) is 3.99. The summed E-state index contributed by atoms with van der Waals surface area (Å²) in [4.78, 5) is 0. The van der Waals surface area contributed by atoms with Gasteiger partial charge in [0.05, 0.1) is 0 Å². The van der Waals surface area contributed by atoms with Crippen LogP contribution < -0.4 is 5.46 Å². The minimum Gasteiger partial charge on any atom is -0.405 e. The van der Waals surface area contributed by atoms with E-state index in [0.29, 0.717) is 0 Å². The van der Waals surface area contributed by atoms with Crippen molar-refractivity contribution in [1.29, 1.82) is 0 Å². The normalized spacial score (nSPS) is 11.6. The second kappa shape index (κ2) is 6.92. The van der Waals surface area contributed by atoms with E-state index in [1.165, 1.54) is 14.3 Å². The van der Waals surface area contributed by atoms with E-state index >= 15 is 0 Å². The fraction of sp³-hybridized carbons (Fsp3) is 0.375. The molecule has 2 aromatic carbocycles. The molecule has 0 aromatic heterocycles. The maximum Gasteiger partial charge on any atom is 0.494 e. The Balaban J connectivity index is 2.52. The molecule has 0 N–H and O–H groups in total. The van der Waals surface area contributed by atoms with Crippen molar-refractivity contribution in [2.45, 2.75) is 39.9 Å². The van der Waals surface area contributed by atoms with Crippen LogP contribution in [0.1, 0.15) is 27.7 Å². The van der Waals surface area contributed by atoms with E-state index in [2.05, 4.69) is 59.0 Å². The van der Waals surface area contributed by atoms with E-state index in [1.54, 1.807) is 0 Å². The van der Waals surface area contributed by atoms with Crippen molar-refractivity contribution >= 4 is 45.9 Å². The lowest BCUT2D eigenvalue weighted by Gasteiger charge is -2.21. The van der Waals surface area contributed by atoms with E-state index in [4.69, 9.17) is 9.31 Å². The highest BCUT2D eigenvalue weighted by Gasteiger charge is 2.26. The zero-order valence-corrected chi connectivity index (χ0v) is 14.5. The molecule has 2 nitrogen and oxygen atoms in total. The number of halogens is 1. The molecule has 2 rings (SSSR count). The summed E-state index contributed by atoms with van der Waals surface area (Å²) in [6.07, 6.45) is 0.241. The first-order valence-corrected chi connectivity index (χ1v) is 8.05. The molecule has 0 aliphatic rings. The summed E-state index contributed by atoms with van der Waals surface area (Å²) in [5, 5.41) is 2.45. The number of fused-ring (bicyclic) bond motifs is 1. The molecule has 0 amide bonds. The van der Waals surface area contributed by atoms with Gasteiger partial charge in [0.1, 0.15) is 0 Å². The van der Waals surface area contributed by atoms with Gasteiger partial charge in [0.25, 0.3) is 0 Å². The highest BCUT2D eigenvalue weighted by Crippen LogP contribution is 2.20. The van der Waals surface area contributed by atoms with Crippen molar-refractivity contribution < 1.29 is 9.31 Å². The number of hydrogen-bond acceptors (Lipinski definition) is 2. The molecule has 0 atom stereocenters. The molecule has 0 saturated carbocycles. The van der Waals surface area contributed by atoms with Crippen molar-refractivity contribution in [2.24, 2.45) is 0 Å². The largest absolute Gasteiger partial charge is 0.494 e. The molecule has 2 aromatic rings. The molecule has 0 aliphatic heterocycles. The molecule has 0 radical (unpaired) electrons. The standard InChI is InChI=1S/C16H20BIO2/c1-11(2)19-17(20-12(3)4)14-9-5-7-13-8-6-10-15(18)16(13)14/h5-12H,1-4H3. The molecule has 0 unspecified atom stereocenters. The molecule has 20 heavy (non-hydrogen) atoms. The smallest absolute Gasteiger partial charge is 0.405 e. The lowest BCUT2D eigenvalue weighted by molar-refractivity contribution is 0.139. The average Bonchev–Trinajstić information content (AvgIpc) is 2.36. The molecular weight excluding hydrogens is 362 g/mol. The Morgan fingerprint density at radius 2 is 1.45 bits per heavy atom. The summed E-state index contributed by atoms with van der Waals surface area (Å²) in [6, 6.07) is 12.6. The molecule has 106 valence electrons. The van der Waals surface area contributed by atoms with Gasteiger partial charge in [0.15, 0.2) is 0 Å². The number of rotatable bonds is 5. The van der Waals surface area contributed by atoms with Crippen molar-refractivity contribution in [3.63, 3.8) is 0 Å². The third-order valence-electron chi connectivity index (χ3n) is 2.93. The molecular formula is C16H20BIO2. The maximum atomic E-state index is 5.98. The quantitative estimate of drug-likeness (QED) is 0.575. The average molecular weight is 382 g/mol. The zero-order valence-electron chi connectivity index (χ0n) is 12.4. The number of benzene rings is 2. The van der Waals surface area contributed by atoms with E-state index in [1.807, 2.05) is 27.7 Å². The first-order valence-electron chi connectivity index (χ1n) is 6.97. The van der Waals surface area contributed by atoms with Crippen LogP contribution in [0.15, 0.2) is 36.4 Å². The van der Waals surface area contributed by atoms with Gasteiger partial charge in [-0.1, -0.05) is 30.3 Å². The van der Waals surface area contributed by atoms with Crippen molar-refractivity contribution in [3.8, 4) is 0 Å². The summed E-state index contributed by atoms with van der Waals surface area (Å²) in [6.45, 7) is 8.14. The van der Waals surface area contributed by atoms with Gasteiger partial charge in [-0.25, -0.2) is 0 Å². The number of hydrogen-bond donors (Lipinski definition) is 0. The Kier molecular flexibility index (Phi) is 5.46. The first kappa shape index (κ1) is 15.8. The first-order chi connectivity index (χ1) is 9.49. The van der Waals surface area contributed by atoms with Gasteiger partial charge >= 0.3 is 7.12 Å². The predicted molar refractivity (Wildman–Crippen MR) is 94.5 cm³/mol. The highest BCUT2D eigenvalue weighted by molar-refractivity contribution is 14.1. The van der Waals surface area contributed by atoms with Crippen LogP contribution in [0, 0.1) is 3.57 Å². The minimum atomic E-state index is -0.324. The summed E-state index contributed by atoms with van der Waals surface area (Å²) in [7, 11) is -0.324. The van der Waals surface area contributed by atoms with Crippen LogP contribution in [0.5, 0.6) is 0 Å². The fourth-order valence-corrected chi connectivity index (χ4v) is 3.02. The van der Waals surface area contributed by atoms with Gasteiger partial charge in [-0.2, -0.15) is 0 Å². The molecule has 0 spiro atoms.